The molecular formula is C24H29N3O4. The van der Waals surface area contributed by atoms with E-state index in [0.717, 1.165) is 19.3 Å². The fraction of sp³-hybridized carbons (Fsp3) is 0.542. The first-order chi connectivity index (χ1) is 14.9. The monoisotopic (exact) mass is 423 g/mol. The molecule has 0 spiro atoms. The van der Waals surface area contributed by atoms with Crippen molar-refractivity contribution >= 4 is 17.6 Å². The molecule has 1 aromatic carbocycles. The molecule has 0 aliphatic heterocycles. The quantitative estimate of drug-likeness (QED) is 0.749. The van der Waals surface area contributed by atoms with Crippen LogP contribution in [0.1, 0.15) is 44.2 Å². The van der Waals surface area contributed by atoms with Crippen LogP contribution < -0.4 is 10.9 Å². The highest BCUT2D eigenvalue weighted by atomic mass is 16.5. The average molecular weight is 424 g/mol. The van der Waals surface area contributed by atoms with Gasteiger partial charge in [0.1, 0.15) is 5.69 Å². The van der Waals surface area contributed by atoms with Gasteiger partial charge in [-0.05, 0) is 75.3 Å². The molecule has 7 heteroatoms. The predicted octanol–water partition coefficient (Wildman–Crippen LogP) is 3.18. The summed E-state index contributed by atoms with van der Waals surface area (Å²) in [6.45, 7) is 1.41. The molecule has 0 unspecified atom stereocenters. The number of carbonyl (C=O) groups is 2. The first kappa shape index (κ1) is 20.1. The van der Waals surface area contributed by atoms with E-state index < -0.39 is 11.3 Å². The van der Waals surface area contributed by atoms with E-state index in [-0.39, 0.29) is 23.8 Å². The molecular weight excluding hydrogens is 394 g/mol. The molecule has 31 heavy (non-hydrogen) atoms. The van der Waals surface area contributed by atoms with E-state index in [1.807, 2.05) is 30.3 Å². The van der Waals surface area contributed by atoms with Crippen LogP contribution in [-0.2, 0) is 21.4 Å². The molecule has 0 atom stereocenters. The number of rotatable bonds is 5. The highest BCUT2D eigenvalue weighted by molar-refractivity contribution is 5.93. The Labute approximate surface area is 181 Å². The number of aromatic nitrogens is 2. The van der Waals surface area contributed by atoms with Gasteiger partial charge in [-0.15, -0.1) is 0 Å². The second-order valence-corrected chi connectivity index (χ2v) is 9.76. The van der Waals surface area contributed by atoms with E-state index in [9.17, 15) is 14.4 Å². The lowest BCUT2D eigenvalue weighted by Gasteiger charge is -2.55. The molecule has 1 aromatic heterocycles. The topological polar surface area (TPSA) is 82.3 Å². The number of hydrogen-bond acceptors (Lipinski definition) is 4. The number of ether oxygens (including phenoxy) is 1. The van der Waals surface area contributed by atoms with Crippen LogP contribution in [0.3, 0.4) is 0 Å². The summed E-state index contributed by atoms with van der Waals surface area (Å²) < 4.78 is 8.71. The van der Waals surface area contributed by atoms with Gasteiger partial charge in [-0.25, -0.2) is 4.68 Å². The van der Waals surface area contributed by atoms with Gasteiger partial charge in [-0.3, -0.25) is 19.1 Å². The van der Waals surface area contributed by atoms with E-state index >= 15 is 0 Å². The molecule has 1 N–H and O–H groups in total. The summed E-state index contributed by atoms with van der Waals surface area (Å²) in [5.41, 5.74) is 0.855. The van der Waals surface area contributed by atoms with Crippen LogP contribution in [0.2, 0.25) is 0 Å². The van der Waals surface area contributed by atoms with Crippen molar-refractivity contribution < 1.29 is 14.3 Å². The van der Waals surface area contributed by atoms with E-state index in [1.165, 1.54) is 23.9 Å². The van der Waals surface area contributed by atoms with E-state index in [0.29, 0.717) is 29.1 Å². The Bertz CT molecular complexity index is 1050. The zero-order chi connectivity index (χ0) is 21.8. The van der Waals surface area contributed by atoms with Crippen LogP contribution in [0.5, 0.6) is 0 Å². The molecule has 4 bridgehead atoms. The van der Waals surface area contributed by atoms with Crippen LogP contribution in [0.25, 0.3) is 5.69 Å². The van der Waals surface area contributed by atoms with Gasteiger partial charge in [-0.1, -0.05) is 18.2 Å². The zero-order valence-corrected chi connectivity index (χ0v) is 18.1. The maximum atomic E-state index is 13.0. The van der Waals surface area contributed by atoms with Crippen LogP contribution in [0.15, 0.2) is 35.1 Å². The second kappa shape index (κ2) is 7.39. The zero-order valence-electron chi connectivity index (χ0n) is 18.1. The second-order valence-electron chi connectivity index (χ2n) is 9.76. The molecule has 164 valence electrons. The van der Waals surface area contributed by atoms with Gasteiger partial charge >= 0.3 is 5.97 Å². The molecule has 1 heterocycles. The summed E-state index contributed by atoms with van der Waals surface area (Å²) in [6, 6.07) is 9.25. The minimum absolute atomic E-state index is 0.210. The number of esters is 1. The summed E-state index contributed by atoms with van der Waals surface area (Å²) in [7, 11) is 1.77. The number of carbonyl (C=O) groups excluding carboxylic acids is 2. The third kappa shape index (κ3) is 3.40. The summed E-state index contributed by atoms with van der Waals surface area (Å²) in [4.78, 5) is 38.5. The van der Waals surface area contributed by atoms with Crippen molar-refractivity contribution in [2.24, 2.45) is 30.2 Å². The van der Waals surface area contributed by atoms with Gasteiger partial charge < -0.3 is 10.1 Å². The highest BCUT2D eigenvalue weighted by Gasteiger charge is 2.55. The number of hydrogen-bond donors (Lipinski definition) is 1. The molecule has 0 radical (unpaired) electrons. The largest absolute Gasteiger partial charge is 0.455 e. The Morgan fingerprint density at radius 1 is 1.06 bits per heavy atom. The molecule has 7 nitrogen and oxygen atoms in total. The number of anilines is 1. The summed E-state index contributed by atoms with van der Waals surface area (Å²) in [5.74, 6) is 1.19. The molecule has 6 rings (SSSR count). The van der Waals surface area contributed by atoms with Crippen molar-refractivity contribution in [2.75, 3.05) is 11.9 Å². The van der Waals surface area contributed by atoms with Gasteiger partial charge in [0.15, 0.2) is 6.61 Å². The summed E-state index contributed by atoms with van der Waals surface area (Å²) in [6.07, 6.45) is 6.44. The SMILES string of the molecule is Cc1c(NC(=O)COC(=O)C23CC4CC(CC(C4)C2)C3)c(=O)n(-c2ccccc2)n1C. The fourth-order valence-electron chi connectivity index (χ4n) is 6.53. The third-order valence-electron chi connectivity index (χ3n) is 7.62. The molecule has 4 aliphatic rings. The van der Waals surface area contributed by atoms with Gasteiger partial charge in [-0.2, -0.15) is 0 Å². The minimum atomic E-state index is -0.482. The highest BCUT2D eigenvalue weighted by Crippen LogP contribution is 2.60. The number of nitrogens with one attached hydrogen (secondary N) is 1. The number of amides is 1. The van der Waals surface area contributed by atoms with Crippen LogP contribution in [-0.4, -0.2) is 27.8 Å². The normalized spacial score (nSPS) is 28.5. The first-order valence-electron chi connectivity index (χ1n) is 11.2. The predicted molar refractivity (Wildman–Crippen MR) is 116 cm³/mol. The standard InChI is InChI=1S/C24H29N3O4/c1-15-21(22(29)27(26(15)2)19-6-4-3-5-7-19)25-20(28)14-31-23(30)24-11-16-8-17(12-24)10-18(9-16)13-24/h3-7,16-18H,8-14H2,1-2H3,(H,25,28). The molecule has 2 aromatic rings. The number of benzene rings is 1. The lowest BCUT2D eigenvalue weighted by molar-refractivity contribution is -0.172. The van der Waals surface area contributed by atoms with Crippen molar-refractivity contribution in [2.45, 2.75) is 45.4 Å². The lowest BCUT2D eigenvalue weighted by Crippen LogP contribution is -2.50. The Hall–Kier alpha value is -2.83. The Morgan fingerprint density at radius 2 is 1.65 bits per heavy atom. The van der Waals surface area contributed by atoms with Gasteiger partial charge in [0.2, 0.25) is 0 Å². The minimum Gasteiger partial charge on any atom is -0.455 e. The van der Waals surface area contributed by atoms with Crippen LogP contribution in [0.4, 0.5) is 5.69 Å². The number of para-hydroxylation sites is 1. The molecule has 4 fully saturated rings. The third-order valence-corrected chi connectivity index (χ3v) is 7.62. The van der Waals surface area contributed by atoms with E-state index in [2.05, 4.69) is 5.32 Å². The Morgan fingerprint density at radius 3 is 2.23 bits per heavy atom. The van der Waals surface area contributed by atoms with Crippen molar-refractivity contribution in [3.63, 3.8) is 0 Å². The van der Waals surface area contributed by atoms with Gasteiger partial charge in [0.25, 0.3) is 11.5 Å². The van der Waals surface area contributed by atoms with Gasteiger partial charge in [0, 0.05) is 7.05 Å². The maximum absolute atomic E-state index is 13.0. The lowest BCUT2D eigenvalue weighted by atomic mass is 9.49. The summed E-state index contributed by atoms with van der Waals surface area (Å²) in [5, 5.41) is 2.67. The van der Waals surface area contributed by atoms with Crippen molar-refractivity contribution in [3.05, 3.63) is 46.4 Å². The first-order valence-corrected chi connectivity index (χ1v) is 11.2. The van der Waals surface area contributed by atoms with Crippen molar-refractivity contribution in [1.82, 2.24) is 9.36 Å². The molecule has 0 saturated heterocycles. The smallest absolute Gasteiger partial charge is 0.312 e. The van der Waals surface area contributed by atoms with Crippen LogP contribution >= 0.6 is 0 Å². The van der Waals surface area contributed by atoms with E-state index in [1.54, 1.807) is 18.7 Å². The average Bonchev–Trinajstić information content (AvgIpc) is 2.95. The van der Waals surface area contributed by atoms with Crippen LogP contribution in [0, 0.1) is 30.1 Å². The van der Waals surface area contributed by atoms with Gasteiger partial charge in [0.05, 0.1) is 16.8 Å². The Balaban J connectivity index is 1.27. The number of nitrogens with zero attached hydrogens (tertiary/aromatic N) is 2. The van der Waals surface area contributed by atoms with E-state index in [4.69, 9.17) is 4.74 Å². The molecule has 1 amide bonds. The fourth-order valence-corrected chi connectivity index (χ4v) is 6.53. The Kier molecular flexibility index (Phi) is 4.79. The summed E-state index contributed by atoms with van der Waals surface area (Å²) >= 11 is 0. The molecule has 4 saturated carbocycles. The van der Waals surface area contributed by atoms with Crippen molar-refractivity contribution in [1.29, 1.82) is 0 Å². The maximum Gasteiger partial charge on any atom is 0.312 e. The van der Waals surface area contributed by atoms with Crippen molar-refractivity contribution in [3.8, 4) is 5.69 Å². The molecule has 4 aliphatic carbocycles.